The second kappa shape index (κ2) is 6.94. The summed E-state index contributed by atoms with van der Waals surface area (Å²) in [5.41, 5.74) is 0.667. The lowest BCUT2D eigenvalue weighted by Gasteiger charge is -2.05. The van der Waals surface area contributed by atoms with E-state index in [0.29, 0.717) is 23.6 Å². The molecule has 0 aliphatic heterocycles. The first kappa shape index (κ1) is 15.1. The van der Waals surface area contributed by atoms with E-state index in [4.69, 9.17) is 9.15 Å². The van der Waals surface area contributed by atoms with Crippen LogP contribution < -0.4 is 4.74 Å². The number of ether oxygens (including phenoxy) is 1. The number of hydrogen-bond acceptors (Lipinski definition) is 6. The molecule has 1 N–H and O–H groups in total. The van der Waals surface area contributed by atoms with E-state index in [2.05, 4.69) is 10.2 Å². The van der Waals surface area contributed by atoms with Crippen LogP contribution in [0.3, 0.4) is 0 Å². The smallest absolute Gasteiger partial charge is 0.342 e. The summed E-state index contributed by atoms with van der Waals surface area (Å²) in [6.07, 6.45) is 2.12. The van der Waals surface area contributed by atoms with E-state index in [1.165, 1.54) is 13.2 Å². The van der Waals surface area contributed by atoms with Gasteiger partial charge in [0.2, 0.25) is 5.89 Å². The predicted octanol–water partition coefficient (Wildman–Crippen LogP) is 2.86. The zero-order valence-electron chi connectivity index (χ0n) is 11.6. The number of benzene rings is 1. The molecule has 21 heavy (non-hydrogen) atoms. The Kier molecular flexibility index (Phi) is 4.99. The van der Waals surface area contributed by atoms with E-state index in [9.17, 15) is 9.90 Å². The summed E-state index contributed by atoms with van der Waals surface area (Å²) >= 11 is 0.913. The molecule has 1 heterocycles. The Hall–Kier alpha value is -2.28. The Morgan fingerprint density at radius 2 is 2.19 bits per heavy atom. The van der Waals surface area contributed by atoms with Crippen molar-refractivity contribution in [2.75, 3.05) is 7.11 Å². The molecule has 1 aromatic heterocycles. The largest absolute Gasteiger partial charge is 0.496 e. The van der Waals surface area contributed by atoms with Gasteiger partial charge in [-0.2, -0.15) is 0 Å². The topological polar surface area (TPSA) is 85.5 Å². The molecule has 6 nitrogen and oxygen atoms in total. The Labute approximate surface area is 125 Å². The maximum atomic E-state index is 11.4. The van der Waals surface area contributed by atoms with Crippen molar-refractivity contribution in [3.05, 3.63) is 40.6 Å². The van der Waals surface area contributed by atoms with Gasteiger partial charge >= 0.3 is 5.97 Å². The summed E-state index contributed by atoms with van der Waals surface area (Å²) in [5, 5.41) is 17.1. The van der Waals surface area contributed by atoms with Crippen LogP contribution >= 0.6 is 11.8 Å². The maximum absolute atomic E-state index is 11.4. The Morgan fingerprint density at radius 1 is 1.43 bits per heavy atom. The van der Waals surface area contributed by atoms with Gasteiger partial charge < -0.3 is 14.3 Å². The summed E-state index contributed by atoms with van der Waals surface area (Å²) in [6, 6.07) is 7.15. The van der Waals surface area contributed by atoms with Crippen molar-refractivity contribution in [3.8, 4) is 5.75 Å². The summed E-state index contributed by atoms with van der Waals surface area (Å²) in [7, 11) is 1.53. The molecule has 1 aromatic carbocycles. The van der Waals surface area contributed by atoms with E-state index in [1.54, 1.807) is 18.2 Å². The quantitative estimate of drug-likeness (QED) is 0.648. The van der Waals surface area contributed by atoms with Gasteiger partial charge in [0, 0.05) is 12.0 Å². The number of nitrogens with zero attached hydrogens (tertiary/aromatic N) is 2. The fraction of sp³-hybridized carbons (Fsp3) is 0.214. The van der Waals surface area contributed by atoms with Crippen molar-refractivity contribution in [2.45, 2.75) is 18.6 Å². The fourth-order valence-corrected chi connectivity index (χ4v) is 2.26. The number of aromatic nitrogens is 2. The molecule has 0 saturated heterocycles. The number of carboxylic acid groups (broad SMARTS) is 1. The number of hydrogen-bond donors (Lipinski definition) is 1. The highest BCUT2D eigenvalue weighted by atomic mass is 32.2. The molecule has 0 aliphatic rings. The van der Waals surface area contributed by atoms with Crippen LogP contribution in [0.5, 0.6) is 5.75 Å². The number of carbonyl (C=O) groups is 1. The van der Waals surface area contributed by atoms with Crippen LogP contribution in [0.4, 0.5) is 0 Å². The van der Waals surface area contributed by atoms with Gasteiger partial charge in [-0.15, -0.1) is 10.2 Å². The second-order valence-corrected chi connectivity index (χ2v) is 4.97. The van der Waals surface area contributed by atoms with Crippen LogP contribution in [0.25, 0.3) is 6.08 Å². The van der Waals surface area contributed by atoms with Gasteiger partial charge in [-0.05, 0) is 23.9 Å². The van der Waals surface area contributed by atoms with Crippen LogP contribution in [0.2, 0.25) is 0 Å². The van der Waals surface area contributed by atoms with Crippen molar-refractivity contribution in [2.24, 2.45) is 0 Å². The zero-order valence-corrected chi connectivity index (χ0v) is 12.4. The number of carboxylic acids is 1. The molecule has 0 atom stereocenters. The first-order valence-corrected chi connectivity index (χ1v) is 7.04. The molecule has 0 saturated carbocycles. The molecule has 110 valence electrons. The van der Waals surface area contributed by atoms with Crippen molar-refractivity contribution in [1.29, 1.82) is 0 Å². The molecule has 0 fully saturated rings. The van der Waals surface area contributed by atoms with Crippen LogP contribution in [0, 0.1) is 0 Å². The molecule has 0 aliphatic carbocycles. The normalized spacial score (nSPS) is 11.4. The highest BCUT2D eigenvalue weighted by Crippen LogP contribution is 2.30. The average molecular weight is 306 g/mol. The summed E-state index contributed by atoms with van der Waals surface area (Å²) in [5.74, 6) is -0.00156. The molecule has 7 heteroatoms. The van der Waals surface area contributed by atoms with Gasteiger partial charge in [-0.1, -0.05) is 25.1 Å². The molecule has 0 unspecified atom stereocenters. The molecule has 0 bridgehead atoms. The highest BCUT2D eigenvalue weighted by Gasteiger charge is 2.15. The fourth-order valence-electron chi connectivity index (χ4n) is 1.58. The summed E-state index contributed by atoms with van der Waals surface area (Å²) in [6.45, 7) is 1.88. The molecule has 0 amide bonds. The predicted molar refractivity (Wildman–Crippen MR) is 78.1 cm³/mol. The van der Waals surface area contributed by atoms with Gasteiger partial charge in [-0.25, -0.2) is 4.79 Å². The van der Waals surface area contributed by atoms with E-state index in [-0.39, 0.29) is 10.1 Å². The van der Waals surface area contributed by atoms with Gasteiger partial charge in [0.25, 0.3) is 5.22 Å². The third-order valence-corrected chi connectivity index (χ3v) is 3.44. The molecule has 0 radical (unpaired) electrons. The molecular formula is C14H14N2O4S. The maximum Gasteiger partial charge on any atom is 0.342 e. The minimum absolute atomic E-state index is 0.0748. The monoisotopic (exact) mass is 306 g/mol. The number of para-hydroxylation sites is 1. The Morgan fingerprint density at radius 3 is 2.81 bits per heavy atom. The molecular weight excluding hydrogens is 292 g/mol. The number of aryl methyl sites for hydroxylation is 1. The lowest BCUT2D eigenvalue weighted by Crippen LogP contribution is -1.97. The number of methoxy groups -OCH3 is 1. The van der Waals surface area contributed by atoms with E-state index in [1.807, 2.05) is 13.0 Å². The number of thioether (sulfide) groups is 1. The Balaban J connectivity index is 2.30. The van der Waals surface area contributed by atoms with Gasteiger partial charge in [0.1, 0.15) is 10.7 Å². The number of rotatable bonds is 6. The second-order valence-electron chi connectivity index (χ2n) is 3.97. The van der Waals surface area contributed by atoms with E-state index >= 15 is 0 Å². The third-order valence-electron chi connectivity index (χ3n) is 2.58. The van der Waals surface area contributed by atoms with Crippen molar-refractivity contribution >= 4 is 23.8 Å². The van der Waals surface area contributed by atoms with Crippen molar-refractivity contribution < 1.29 is 19.1 Å². The van der Waals surface area contributed by atoms with Crippen LogP contribution in [-0.2, 0) is 11.2 Å². The van der Waals surface area contributed by atoms with Crippen molar-refractivity contribution in [3.63, 3.8) is 0 Å². The Bertz CT molecular complexity index is 666. The zero-order chi connectivity index (χ0) is 15.2. The lowest BCUT2D eigenvalue weighted by atomic mass is 10.2. The van der Waals surface area contributed by atoms with Crippen LogP contribution in [-0.4, -0.2) is 28.4 Å². The average Bonchev–Trinajstić information content (AvgIpc) is 2.94. The van der Waals surface area contributed by atoms with Gasteiger partial charge in [-0.3, -0.25) is 0 Å². The standard InChI is InChI=1S/C14H14N2O4S/c1-3-12-15-16-14(20-12)21-11(13(17)18)8-9-6-4-5-7-10(9)19-2/h4-8H,3H2,1-2H3,(H,17,18)/b11-8+. The first-order chi connectivity index (χ1) is 10.1. The SMILES string of the molecule is CCc1nnc(S/C(=C/c2ccccc2OC)C(=O)O)o1. The van der Waals surface area contributed by atoms with E-state index in [0.717, 1.165) is 11.8 Å². The highest BCUT2D eigenvalue weighted by molar-refractivity contribution is 8.03. The number of aliphatic carboxylic acids is 1. The molecule has 2 aromatic rings. The summed E-state index contributed by atoms with van der Waals surface area (Å²) < 4.78 is 10.5. The summed E-state index contributed by atoms with van der Waals surface area (Å²) in [4.78, 5) is 11.4. The molecule has 2 rings (SSSR count). The molecule has 0 spiro atoms. The minimum Gasteiger partial charge on any atom is -0.496 e. The van der Waals surface area contributed by atoms with Crippen LogP contribution in [0.1, 0.15) is 18.4 Å². The third kappa shape index (κ3) is 3.85. The van der Waals surface area contributed by atoms with Crippen molar-refractivity contribution in [1.82, 2.24) is 10.2 Å². The van der Waals surface area contributed by atoms with Gasteiger partial charge in [0.15, 0.2) is 0 Å². The van der Waals surface area contributed by atoms with E-state index < -0.39 is 5.97 Å². The lowest BCUT2D eigenvalue weighted by molar-refractivity contribution is -0.131. The van der Waals surface area contributed by atoms with Crippen LogP contribution in [0.15, 0.2) is 38.8 Å². The van der Waals surface area contributed by atoms with Gasteiger partial charge in [0.05, 0.1) is 7.11 Å². The minimum atomic E-state index is -1.07. The first-order valence-electron chi connectivity index (χ1n) is 6.22.